The first-order valence-corrected chi connectivity index (χ1v) is 7.22. The van der Waals surface area contributed by atoms with Crippen LogP contribution < -0.4 is 10.1 Å². The molecule has 4 nitrogen and oxygen atoms in total. The molecule has 1 rings (SSSR count). The van der Waals surface area contributed by atoms with E-state index in [1.54, 1.807) is 13.2 Å². The van der Waals surface area contributed by atoms with Crippen molar-refractivity contribution in [3.05, 3.63) is 35.9 Å². The highest BCUT2D eigenvalue weighted by molar-refractivity contribution is 5.95. The van der Waals surface area contributed by atoms with Gasteiger partial charge in [0.15, 0.2) is 0 Å². The summed E-state index contributed by atoms with van der Waals surface area (Å²) in [5.74, 6) is 0.949. The van der Waals surface area contributed by atoms with Crippen LogP contribution in [-0.4, -0.2) is 30.8 Å². The van der Waals surface area contributed by atoms with Crippen LogP contribution in [0.25, 0.3) is 5.57 Å². The first kappa shape index (κ1) is 17.2. The Bertz CT molecular complexity index is 477. The minimum Gasteiger partial charge on any atom is -0.497 e. The van der Waals surface area contributed by atoms with Crippen molar-refractivity contribution in [1.29, 1.82) is 0 Å². The van der Waals surface area contributed by atoms with Gasteiger partial charge in [-0.15, -0.1) is 0 Å². The minimum absolute atomic E-state index is 0.0117. The van der Waals surface area contributed by atoms with Gasteiger partial charge in [-0.25, -0.2) is 0 Å². The molecule has 0 aliphatic heterocycles. The SMILES string of the molecule is COc1ccc(/C(C)=C/C(=O)NC(CCO)C(C)C)cc1. The lowest BCUT2D eigenvalue weighted by Crippen LogP contribution is -2.38. The molecule has 0 fully saturated rings. The van der Waals surface area contributed by atoms with Crippen LogP contribution in [0.15, 0.2) is 30.3 Å². The molecule has 1 aromatic rings. The molecule has 0 saturated carbocycles. The second-order valence-corrected chi connectivity index (χ2v) is 5.43. The molecule has 1 amide bonds. The van der Waals surface area contributed by atoms with Crippen LogP contribution in [0.2, 0.25) is 0 Å². The van der Waals surface area contributed by atoms with E-state index >= 15 is 0 Å². The van der Waals surface area contributed by atoms with Gasteiger partial charge in [0.05, 0.1) is 7.11 Å². The number of hydrogen-bond donors (Lipinski definition) is 2. The van der Waals surface area contributed by atoms with Gasteiger partial charge in [-0.05, 0) is 42.5 Å². The fraction of sp³-hybridized carbons (Fsp3) is 0.471. The molecule has 0 bridgehead atoms. The van der Waals surface area contributed by atoms with Crippen LogP contribution in [0.1, 0.15) is 32.8 Å². The van der Waals surface area contributed by atoms with Crippen LogP contribution in [0, 0.1) is 5.92 Å². The summed E-state index contributed by atoms with van der Waals surface area (Å²) in [7, 11) is 1.62. The Hall–Kier alpha value is -1.81. The zero-order chi connectivity index (χ0) is 15.8. The third-order valence-corrected chi connectivity index (χ3v) is 3.47. The van der Waals surface area contributed by atoms with Gasteiger partial charge in [-0.3, -0.25) is 4.79 Å². The Labute approximate surface area is 126 Å². The number of methoxy groups -OCH3 is 1. The van der Waals surface area contributed by atoms with Gasteiger partial charge in [0.25, 0.3) is 0 Å². The highest BCUT2D eigenvalue weighted by Crippen LogP contribution is 2.18. The lowest BCUT2D eigenvalue weighted by Gasteiger charge is -2.20. The summed E-state index contributed by atoms with van der Waals surface area (Å²) in [6.45, 7) is 6.03. The molecule has 0 saturated heterocycles. The maximum atomic E-state index is 12.0. The predicted molar refractivity (Wildman–Crippen MR) is 85.1 cm³/mol. The average molecular weight is 291 g/mol. The summed E-state index contributed by atoms with van der Waals surface area (Å²) in [5, 5.41) is 12.0. The quantitative estimate of drug-likeness (QED) is 0.759. The van der Waals surface area contributed by atoms with Gasteiger partial charge in [0.1, 0.15) is 5.75 Å². The second-order valence-electron chi connectivity index (χ2n) is 5.43. The first-order valence-electron chi connectivity index (χ1n) is 7.22. The van der Waals surface area contributed by atoms with Crippen LogP contribution >= 0.6 is 0 Å². The average Bonchev–Trinajstić information content (AvgIpc) is 2.46. The van der Waals surface area contributed by atoms with Crippen molar-refractivity contribution in [2.75, 3.05) is 13.7 Å². The monoisotopic (exact) mass is 291 g/mol. The van der Waals surface area contributed by atoms with E-state index in [9.17, 15) is 4.79 Å². The van der Waals surface area contributed by atoms with E-state index in [1.807, 2.05) is 45.0 Å². The molecule has 0 aromatic heterocycles. The molecule has 1 unspecified atom stereocenters. The topological polar surface area (TPSA) is 58.6 Å². The fourth-order valence-corrected chi connectivity index (χ4v) is 2.07. The normalized spacial score (nSPS) is 13.1. The highest BCUT2D eigenvalue weighted by atomic mass is 16.5. The molecule has 0 aliphatic rings. The van der Waals surface area contributed by atoms with Crippen molar-refractivity contribution in [3.8, 4) is 5.75 Å². The number of ether oxygens (including phenoxy) is 1. The number of rotatable bonds is 7. The van der Waals surface area contributed by atoms with Crippen molar-refractivity contribution in [1.82, 2.24) is 5.32 Å². The summed E-state index contributed by atoms with van der Waals surface area (Å²) in [6, 6.07) is 7.57. The molecular weight excluding hydrogens is 266 g/mol. The van der Waals surface area contributed by atoms with Crippen LogP contribution in [-0.2, 0) is 4.79 Å². The Morgan fingerprint density at radius 2 is 1.95 bits per heavy atom. The standard InChI is InChI=1S/C17H25NO3/c1-12(2)16(9-10-19)18-17(20)11-13(3)14-5-7-15(21-4)8-6-14/h5-8,11-12,16,19H,9-10H2,1-4H3,(H,18,20)/b13-11+. The number of carbonyl (C=O) groups is 1. The van der Waals surface area contributed by atoms with Crippen molar-refractivity contribution in [2.45, 2.75) is 33.2 Å². The Kier molecular flexibility index (Phi) is 6.96. The van der Waals surface area contributed by atoms with Gasteiger partial charge in [0.2, 0.25) is 5.91 Å². The summed E-state index contributed by atoms with van der Waals surface area (Å²) in [4.78, 5) is 12.0. The molecular formula is C17H25NO3. The van der Waals surface area contributed by atoms with E-state index in [4.69, 9.17) is 9.84 Å². The zero-order valence-electron chi connectivity index (χ0n) is 13.2. The lowest BCUT2D eigenvalue weighted by molar-refractivity contribution is -0.117. The fourth-order valence-electron chi connectivity index (χ4n) is 2.07. The van der Waals surface area contributed by atoms with E-state index in [0.717, 1.165) is 16.9 Å². The Morgan fingerprint density at radius 3 is 2.43 bits per heavy atom. The van der Waals surface area contributed by atoms with Gasteiger partial charge < -0.3 is 15.2 Å². The zero-order valence-corrected chi connectivity index (χ0v) is 13.2. The summed E-state index contributed by atoms with van der Waals surface area (Å²) < 4.78 is 5.11. The minimum atomic E-state index is -0.129. The summed E-state index contributed by atoms with van der Waals surface area (Å²) >= 11 is 0. The van der Waals surface area contributed by atoms with Crippen LogP contribution in [0.3, 0.4) is 0 Å². The molecule has 21 heavy (non-hydrogen) atoms. The molecule has 2 N–H and O–H groups in total. The second kappa shape index (κ2) is 8.47. The molecule has 0 radical (unpaired) electrons. The lowest BCUT2D eigenvalue weighted by atomic mass is 10.0. The predicted octanol–water partition coefficient (Wildman–Crippen LogP) is 2.62. The van der Waals surface area contributed by atoms with Gasteiger partial charge in [-0.1, -0.05) is 26.0 Å². The Balaban J connectivity index is 2.73. The molecule has 1 atom stereocenters. The van der Waals surface area contributed by atoms with Crippen molar-refractivity contribution < 1.29 is 14.6 Å². The summed E-state index contributed by atoms with van der Waals surface area (Å²) in [5.41, 5.74) is 1.87. The number of amides is 1. The van der Waals surface area contributed by atoms with E-state index in [2.05, 4.69) is 5.32 Å². The van der Waals surface area contributed by atoms with E-state index in [0.29, 0.717) is 6.42 Å². The third kappa shape index (κ3) is 5.60. The van der Waals surface area contributed by atoms with Gasteiger partial charge in [0, 0.05) is 18.7 Å². The first-order chi connectivity index (χ1) is 9.97. The number of aliphatic hydroxyl groups is 1. The highest BCUT2D eigenvalue weighted by Gasteiger charge is 2.14. The van der Waals surface area contributed by atoms with Crippen molar-refractivity contribution in [2.24, 2.45) is 5.92 Å². The van der Waals surface area contributed by atoms with E-state index in [-0.39, 0.29) is 24.5 Å². The number of carbonyl (C=O) groups excluding carboxylic acids is 1. The maximum absolute atomic E-state index is 12.0. The number of hydrogen-bond acceptors (Lipinski definition) is 3. The van der Waals surface area contributed by atoms with Crippen molar-refractivity contribution >= 4 is 11.5 Å². The van der Waals surface area contributed by atoms with E-state index in [1.165, 1.54) is 0 Å². The molecule has 1 aromatic carbocycles. The molecule has 0 heterocycles. The third-order valence-electron chi connectivity index (χ3n) is 3.47. The number of benzene rings is 1. The smallest absolute Gasteiger partial charge is 0.244 e. The van der Waals surface area contributed by atoms with Crippen molar-refractivity contribution in [3.63, 3.8) is 0 Å². The maximum Gasteiger partial charge on any atom is 0.244 e. The van der Waals surface area contributed by atoms with Gasteiger partial charge in [-0.2, -0.15) is 0 Å². The van der Waals surface area contributed by atoms with Gasteiger partial charge >= 0.3 is 0 Å². The molecule has 116 valence electrons. The number of nitrogens with one attached hydrogen (secondary N) is 1. The molecule has 0 spiro atoms. The Morgan fingerprint density at radius 1 is 1.33 bits per heavy atom. The largest absolute Gasteiger partial charge is 0.497 e. The van der Waals surface area contributed by atoms with Crippen LogP contribution in [0.4, 0.5) is 0 Å². The number of aliphatic hydroxyl groups excluding tert-OH is 1. The van der Waals surface area contributed by atoms with Crippen LogP contribution in [0.5, 0.6) is 5.75 Å². The molecule has 0 aliphatic carbocycles. The number of allylic oxidation sites excluding steroid dienone is 1. The van der Waals surface area contributed by atoms with E-state index < -0.39 is 0 Å². The summed E-state index contributed by atoms with van der Waals surface area (Å²) in [6.07, 6.45) is 2.16. The molecule has 4 heteroatoms.